The molecule has 2 N–H and O–H groups in total. The van der Waals surface area contributed by atoms with Crippen molar-refractivity contribution in [2.24, 2.45) is 0 Å². The van der Waals surface area contributed by atoms with Gasteiger partial charge in [0, 0.05) is 23.0 Å². The maximum atomic E-state index is 13.0. The van der Waals surface area contributed by atoms with Crippen LogP contribution in [0.25, 0.3) is 0 Å². The highest BCUT2D eigenvalue weighted by atomic mass is 79.9. The molecule has 1 saturated carbocycles. The zero-order chi connectivity index (χ0) is 21.8. The lowest BCUT2D eigenvalue weighted by atomic mass is 9.91. The number of carbonyl (C=O) groups is 1. The molecule has 0 aromatic heterocycles. The number of hydrogen-bond donors (Lipinski definition) is 2. The zero-order valence-corrected chi connectivity index (χ0v) is 19.2. The van der Waals surface area contributed by atoms with Gasteiger partial charge in [-0.25, -0.2) is 13.1 Å². The lowest BCUT2D eigenvalue weighted by Crippen LogP contribution is -2.30. The molecule has 5 nitrogen and oxygen atoms in total. The highest BCUT2D eigenvalue weighted by molar-refractivity contribution is 9.10. The molecule has 1 amide bonds. The van der Waals surface area contributed by atoms with Crippen LogP contribution in [-0.4, -0.2) is 26.9 Å². The Morgan fingerprint density at radius 2 is 1.52 bits per heavy atom. The van der Waals surface area contributed by atoms with Crippen molar-refractivity contribution in [2.45, 2.75) is 29.7 Å². The fraction of sp³-hybridized carbons (Fsp3) is 0.208. The van der Waals surface area contributed by atoms with Crippen molar-refractivity contribution in [3.05, 3.63) is 100 Å². The molecule has 3 aromatic carbocycles. The number of nitrogens with one attached hydrogen (secondary N) is 2. The molecule has 1 fully saturated rings. The smallest absolute Gasteiger partial charge is 0.252 e. The van der Waals surface area contributed by atoms with Gasteiger partial charge in [-0.2, -0.15) is 0 Å². The molecule has 0 unspecified atom stereocenters. The highest BCUT2D eigenvalue weighted by Crippen LogP contribution is 2.26. The summed E-state index contributed by atoms with van der Waals surface area (Å²) in [6.45, 7) is 0.386. The van der Waals surface area contributed by atoms with E-state index in [1.54, 1.807) is 6.07 Å². The van der Waals surface area contributed by atoms with Crippen molar-refractivity contribution in [1.82, 2.24) is 10.0 Å². The number of benzene rings is 3. The molecule has 4 rings (SSSR count). The van der Waals surface area contributed by atoms with E-state index < -0.39 is 10.0 Å². The molecule has 0 atom stereocenters. The van der Waals surface area contributed by atoms with Crippen molar-refractivity contribution in [3.63, 3.8) is 0 Å². The first-order valence-electron chi connectivity index (χ1n) is 10.1. The number of carbonyl (C=O) groups excluding carboxylic acids is 1. The minimum atomic E-state index is -3.64. The molecule has 1 aliphatic carbocycles. The minimum Gasteiger partial charge on any atom is -0.351 e. The van der Waals surface area contributed by atoms with Crippen LogP contribution in [0.1, 0.15) is 40.2 Å². The molecule has 31 heavy (non-hydrogen) atoms. The summed E-state index contributed by atoms with van der Waals surface area (Å²) in [6, 6.07) is 24.5. The lowest BCUT2D eigenvalue weighted by molar-refractivity contribution is 0.0951. The lowest BCUT2D eigenvalue weighted by Gasteiger charge is -2.19. The van der Waals surface area contributed by atoms with Crippen LogP contribution < -0.4 is 10.0 Å². The fourth-order valence-corrected chi connectivity index (χ4v) is 5.18. The van der Waals surface area contributed by atoms with Gasteiger partial charge in [0.1, 0.15) is 0 Å². The van der Waals surface area contributed by atoms with E-state index >= 15 is 0 Å². The van der Waals surface area contributed by atoms with Crippen LogP contribution >= 0.6 is 15.9 Å². The normalized spacial score (nSPS) is 13.9. The van der Waals surface area contributed by atoms with Gasteiger partial charge in [-0.05, 0) is 58.1 Å². The third-order valence-electron chi connectivity index (χ3n) is 5.26. The summed E-state index contributed by atoms with van der Waals surface area (Å²) < 4.78 is 28.3. The quantitative estimate of drug-likeness (QED) is 0.481. The van der Waals surface area contributed by atoms with Crippen LogP contribution in [0.3, 0.4) is 0 Å². The predicted octanol–water partition coefficient (Wildman–Crippen LogP) is 4.45. The second kappa shape index (κ2) is 9.34. The summed E-state index contributed by atoms with van der Waals surface area (Å²) in [5.74, 6) is -0.346. The van der Waals surface area contributed by atoms with Crippen LogP contribution in [0, 0.1) is 0 Å². The third-order valence-corrected chi connectivity index (χ3v) is 7.47. The van der Waals surface area contributed by atoms with E-state index in [1.165, 1.54) is 12.1 Å². The van der Waals surface area contributed by atoms with E-state index in [0.717, 1.165) is 24.0 Å². The molecule has 160 valence electrons. The van der Waals surface area contributed by atoms with Crippen LogP contribution in [0.4, 0.5) is 0 Å². The van der Waals surface area contributed by atoms with Gasteiger partial charge < -0.3 is 5.32 Å². The Labute approximate surface area is 191 Å². The summed E-state index contributed by atoms with van der Waals surface area (Å²) in [6.07, 6.45) is 1.70. The summed E-state index contributed by atoms with van der Waals surface area (Å²) in [4.78, 5) is 13.1. The second-order valence-electron chi connectivity index (χ2n) is 7.62. The molecular weight excluding hydrogens is 476 g/mol. The Kier molecular flexibility index (Phi) is 6.55. The van der Waals surface area contributed by atoms with E-state index in [0.29, 0.717) is 16.6 Å². The maximum Gasteiger partial charge on any atom is 0.252 e. The molecule has 0 spiro atoms. The molecule has 0 heterocycles. The monoisotopic (exact) mass is 498 g/mol. The zero-order valence-electron chi connectivity index (χ0n) is 16.8. The van der Waals surface area contributed by atoms with Crippen molar-refractivity contribution in [2.75, 3.05) is 6.54 Å². The molecule has 0 saturated heterocycles. The van der Waals surface area contributed by atoms with E-state index in [4.69, 9.17) is 0 Å². The summed E-state index contributed by atoms with van der Waals surface area (Å²) >= 11 is 3.38. The Morgan fingerprint density at radius 1 is 0.935 bits per heavy atom. The van der Waals surface area contributed by atoms with Crippen molar-refractivity contribution < 1.29 is 13.2 Å². The number of amides is 1. The number of hydrogen-bond acceptors (Lipinski definition) is 3. The van der Waals surface area contributed by atoms with E-state index in [1.807, 2.05) is 60.7 Å². The predicted molar refractivity (Wildman–Crippen MR) is 125 cm³/mol. The number of sulfonamides is 1. The minimum absolute atomic E-state index is 0.00317. The Bertz CT molecular complexity index is 1120. The Morgan fingerprint density at radius 3 is 2.06 bits per heavy atom. The van der Waals surface area contributed by atoms with Gasteiger partial charge in [0.25, 0.3) is 5.91 Å². The van der Waals surface area contributed by atoms with Crippen molar-refractivity contribution in [1.29, 1.82) is 0 Å². The average Bonchev–Trinajstić information content (AvgIpc) is 3.59. The average molecular weight is 499 g/mol. The standard InChI is InChI=1S/C24H23BrN2O3S/c25-23-14-13-20(31(29,30)27-19-11-12-19)15-21(23)24(28)26-16-22(17-7-3-1-4-8-17)18-9-5-2-6-10-18/h1-10,13-15,19,22,27H,11-12,16H2,(H,26,28). The fourth-order valence-electron chi connectivity index (χ4n) is 3.42. The number of rotatable bonds is 8. The Balaban J connectivity index is 1.55. The molecule has 0 radical (unpaired) electrons. The van der Waals surface area contributed by atoms with Gasteiger partial charge in [0.2, 0.25) is 10.0 Å². The summed E-state index contributed by atoms with van der Waals surface area (Å²) in [5.41, 5.74) is 2.48. The van der Waals surface area contributed by atoms with Crippen LogP contribution in [0.15, 0.2) is 88.2 Å². The number of halogens is 1. The molecule has 7 heteroatoms. The van der Waals surface area contributed by atoms with Crippen LogP contribution in [0.2, 0.25) is 0 Å². The first kappa shape index (κ1) is 21.7. The first-order valence-corrected chi connectivity index (χ1v) is 12.4. The topological polar surface area (TPSA) is 75.3 Å². The van der Waals surface area contributed by atoms with Gasteiger partial charge in [0.15, 0.2) is 0 Å². The van der Waals surface area contributed by atoms with E-state index in [-0.39, 0.29) is 22.8 Å². The molecule has 1 aliphatic rings. The largest absolute Gasteiger partial charge is 0.351 e. The van der Waals surface area contributed by atoms with Crippen LogP contribution in [-0.2, 0) is 10.0 Å². The molecular formula is C24H23BrN2O3S. The van der Waals surface area contributed by atoms with Gasteiger partial charge in [-0.3, -0.25) is 4.79 Å². The van der Waals surface area contributed by atoms with Crippen LogP contribution in [0.5, 0.6) is 0 Å². The van der Waals surface area contributed by atoms with Gasteiger partial charge in [-0.15, -0.1) is 0 Å². The van der Waals surface area contributed by atoms with Gasteiger partial charge >= 0.3 is 0 Å². The van der Waals surface area contributed by atoms with Crippen molar-refractivity contribution >= 4 is 31.9 Å². The van der Waals surface area contributed by atoms with E-state index in [9.17, 15) is 13.2 Å². The van der Waals surface area contributed by atoms with E-state index in [2.05, 4.69) is 26.0 Å². The second-order valence-corrected chi connectivity index (χ2v) is 10.2. The summed E-state index contributed by atoms with van der Waals surface area (Å²) in [7, 11) is -3.64. The molecule has 0 bridgehead atoms. The SMILES string of the molecule is O=C(NCC(c1ccccc1)c1ccccc1)c1cc(S(=O)(=O)NC2CC2)ccc1Br. The maximum absolute atomic E-state index is 13.0. The summed E-state index contributed by atoms with van der Waals surface area (Å²) in [5, 5.41) is 2.98. The van der Waals surface area contributed by atoms with Gasteiger partial charge in [-0.1, -0.05) is 60.7 Å². The Hall–Kier alpha value is -2.48. The molecule has 3 aromatic rings. The van der Waals surface area contributed by atoms with Gasteiger partial charge in [0.05, 0.1) is 10.5 Å². The van der Waals surface area contributed by atoms with Crippen molar-refractivity contribution in [3.8, 4) is 0 Å². The highest BCUT2D eigenvalue weighted by Gasteiger charge is 2.28. The third kappa shape index (κ3) is 5.42. The molecule has 0 aliphatic heterocycles. The first-order chi connectivity index (χ1) is 14.9.